The second kappa shape index (κ2) is 9.84. The number of nitrogens with two attached hydrogens (primary N) is 1. The summed E-state index contributed by atoms with van der Waals surface area (Å²) in [7, 11) is 1.33. The van der Waals surface area contributed by atoms with E-state index in [0.29, 0.717) is 33.5 Å². The zero-order chi connectivity index (χ0) is 25.3. The van der Waals surface area contributed by atoms with Crippen LogP contribution in [0.2, 0.25) is 0 Å². The van der Waals surface area contributed by atoms with Gasteiger partial charge in [-0.15, -0.1) is 10.2 Å². The van der Waals surface area contributed by atoms with Crippen molar-refractivity contribution in [1.29, 1.82) is 5.26 Å². The van der Waals surface area contributed by atoms with Crippen molar-refractivity contribution in [2.45, 2.75) is 50.3 Å². The fourth-order valence-corrected chi connectivity index (χ4v) is 6.25. The lowest BCUT2D eigenvalue weighted by Gasteiger charge is -2.42. The molecular weight excluding hydrogens is 482 g/mol. The maximum absolute atomic E-state index is 13.6. The highest BCUT2D eigenvalue weighted by molar-refractivity contribution is 8.01. The van der Waals surface area contributed by atoms with Crippen molar-refractivity contribution in [1.82, 2.24) is 10.2 Å². The highest BCUT2D eigenvalue weighted by Crippen LogP contribution is 2.50. The van der Waals surface area contributed by atoms with E-state index in [1.54, 1.807) is 4.90 Å². The van der Waals surface area contributed by atoms with Crippen LogP contribution < -0.4 is 10.6 Å². The number of thioether (sulfide) groups is 1. The Morgan fingerprint density at radius 3 is 2.66 bits per heavy atom. The Morgan fingerprint density at radius 1 is 1.31 bits per heavy atom. The van der Waals surface area contributed by atoms with Gasteiger partial charge in [0, 0.05) is 17.7 Å². The van der Waals surface area contributed by atoms with Crippen LogP contribution >= 0.6 is 23.1 Å². The zero-order valence-electron chi connectivity index (χ0n) is 20.1. The van der Waals surface area contributed by atoms with Gasteiger partial charge in [0.15, 0.2) is 10.1 Å². The SMILES string of the molecule is CCc1ccc(C2C(C#N)=C(N)N(c3nnc(SCC(=O)OC)s3)C3=C2C(=O)CC(C)(C)C3)cc1. The molecule has 1 aliphatic heterocycles. The largest absolute Gasteiger partial charge is 0.468 e. The van der Waals surface area contributed by atoms with E-state index in [2.05, 4.69) is 37.0 Å². The standard InChI is InChI=1S/C25H27N5O3S2/c1-5-14-6-8-15(9-7-14)20-16(12-26)22(27)30(17-10-25(2,3)11-18(31)21(17)20)23-28-29-24(35-23)34-13-19(32)33-4/h6-9,20H,5,10-11,13,27H2,1-4H3. The molecule has 2 aromatic rings. The molecule has 0 amide bonds. The minimum Gasteiger partial charge on any atom is -0.468 e. The number of methoxy groups -OCH3 is 1. The van der Waals surface area contributed by atoms with Crippen molar-refractivity contribution in [2.75, 3.05) is 17.8 Å². The van der Waals surface area contributed by atoms with Crippen LogP contribution in [0.5, 0.6) is 0 Å². The highest BCUT2D eigenvalue weighted by atomic mass is 32.2. The van der Waals surface area contributed by atoms with Crippen molar-refractivity contribution in [2.24, 2.45) is 11.1 Å². The molecule has 1 aliphatic carbocycles. The van der Waals surface area contributed by atoms with Crippen molar-refractivity contribution < 1.29 is 14.3 Å². The number of anilines is 1. The molecule has 182 valence electrons. The second-order valence-corrected chi connectivity index (χ2v) is 11.5. The maximum atomic E-state index is 13.6. The first-order chi connectivity index (χ1) is 16.7. The Morgan fingerprint density at radius 2 is 2.03 bits per heavy atom. The van der Waals surface area contributed by atoms with Gasteiger partial charge in [0.2, 0.25) is 5.13 Å². The van der Waals surface area contributed by atoms with Crippen molar-refractivity contribution in [3.63, 3.8) is 0 Å². The van der Waals surface area contributed by atoms with Crippen molar-refractivity contribution >= 4 is 40.0 Å². The number of carbonyl (C=O) groups excluding carboxylic acids is 2. The second-order valence-electron chi connectivity index (χ2n) is 9.29. The number of nitriles is 1. The summed E-state index contributed by atoms with van der Waals surface area (Å²) in [6.07, 6.45) is 1.88. The molecule has 0 spiro atoms. The topological polar surface area (TPSA) is 122 Å². The summed E-state index contributed by atoms with van der Waals surface area (Å²) in [5.41, 5.74) is 10.1. The highest BCUT2D eigenvalue weighted by Gasteiger charge is 2.45. The summed E-state index contributed by atoms with van der Waals surface area (Å²) in [6, 6.07) is 10.3. The van der Waals surface area contributed by atoms with Gasteiger partial charge in [0.05, 0.1) is 30.4 Å². The number of aryl methyl sites for hydroxylation is 1. The van der Waals surface area contributed by atoms with E-state index in [4.69, 9.17) is 10.5 Å². The molecule has 2 aliphatic rings. The molecule has 1 atom stereocenters. The Bertz CT molecular complexity index is 1270. The number of rotatable bonds is 6. The molecule has 1 unspecified atom stereocenters. The third kappa shape index (κ3) is 4.83. The summed E-state index contributed by atoms with van der Waals surface area (Å²) in [4.78, 5) is 26.8. The number of Topliss-reactive ketones (excluding diaryl/α,β-unsaturated/α-hetero) is 1. The Balaban J connectivity index is 1.83. The van der Waals surface area contributed by atoms with Gasteiger partial charge in [0.1, 0.15) is 5.82 Å². The lowest BCUT2D eigenvalue weighted by Crippen LogP contribution is -2.42. The zero-order valence-corrected chi connectivity index (χ0v) is 21.8. The van der Waals surface area contributed by atoms with Gasteiger partial charge in [-0.25, -0.2) is 0 Å². The first kappa shape index (κ1) is 24.9. The Kier molecular flexibility index (Phi) is 7.01. The smallest absolute Gasteiger partial charge is 0.316 e. The average molecular weight is 510 g/mol. The minimum atomic E-state index is -0.526. The number of ether oxygens (including phenoxy) is 1. The predicted molar refractivity (Wildman–Crippen MR) is 136 cm³/mol. The van der Waals surface area contributed by atoms with E-state index in [0.717, 1.165) is 17.7 Å². The Hall–Kier alpha value is -3.16. The van der Waals surface area contributed by atoms with Gasteiger partial charge in [-0.05, 0) is 29.4 Å². The number of hydrogen-bond donors (Lipinski definition) is 1. The number of carbonyl (C=O) groups is 2. The lowest BCUT2D eigenvalue weighted by atomic mass is 9.68. The fraction of sp³-hybridized carbons (Fsp3) is 0.400. The molecule has 35 heavy (non-hydrogen) atoms. The summed E-state index contributed by atoms with van der Waals surface area (Å²) < 4.78 is 5.26. The number of esters is 1. The summed E-state index contributed by atoms with van der Waals surface area (Å²) in [5, 5.41) is 19.1. The quantitative estimate of drug-likeness (QED) is 0.448. The number of aromatic nitrogens is 2. The van der Waals surface area contributed by atoms with Crippen LogP contribution in [0.25, 0.3) is 0 Å². The van der Waals surface area contributed by atoms with Gasteiger partial charge in [-0.3, -0.25) is 14.5 Å². The number of nitrogens with zero attached hydrogens (tertiary/aromatic N) is 4. The van der Waals surface area contributed by atoms with Crippen molar-refractivity contribution in [3.8, 4) is 6.07 Å². The fourth-order valence-electron chi connectivity index (χ4n) is 4.54. The maximum Gasteiger partial charge on any atom is 0.316 e. The third-order valence-corrected chi connectivity index (χ3v) is 8.25. The van der Waals surface area contributed by atoms with E-state index in [-0.39, 0.29) is 28.7 Å². The molecule has 2 N–H and O–H groups in total. The number of ketones is 1. The van der Waals surface area contributed by atoms with Crippen LogP contribution in [0.1, 0.15) is 50.7 Å². The van der Waals surface area contributed by atoms with Crippen LogP contribution in [0, 0.1) is 16.7 Å². The molecule has 0 radical (unpaired) electrons. The van der Waals surface area contributed by atoms with Gasteiger partial charge < -0.3 is 10.5 Å². The first-order valence-electron chi connectivity index (χ1n) is 11.3. The molecule has 0 fully saturated rings. The molecule has 10 heteroatoms. The minimum absolute atomic E-state index is 0.0101. The summed E-state index contributed by atoms with van der Waals surface area (Å²) in [6.45, 7) is 6.18. The van der Waals surface area contributed by atoms with Crippen LogP contribution in [0.15, 0.2) is 51.3 Å². The van der Waals surface area contributed by atoms with E-state index in [9.17, 15) is 14.9 Å². The van der Waals surface area contributed by atoms with E-state index >= 15 is 0 Å². The van der Waals surface area contributed by atoms with Crippen LogP contribution in [-0.4, -0.2) is 34.8 Å². The van der Waals surface area contributed by atoms with Gasteiger partial charge in [-0.1, -0.05) is 68.1 Å². The molecule has 4 rings (SSSR count). The molecular formula is C25H27N5O3S2. The summed E-state index contributed by atoms with van der Waals surface area (Å²) in [5.74, 6) is -0.521. The molecule has 8 nitrogen and oxygen atoms in total. The number of allylic oxidation sites excluding steroid dienone is 3. The number of benzene rings is 1. The molecule has 1 aromatic heterocycles. The van der Waals surface area contributed by atoms with Gasteiger partial charge >= 0.3 is 5.97 Å². The third-order valence-electron chi connectivity index (χ3n) is 6.23. The Labute approximate surface area is 212 Å². The number of hydrogen-bond acceptors (Lipinski definition) is 10. The van der Waals surface area contributed by atoms with E-state index < -0.39 is 5.92 Å². The normalized spacial score (nSPS) is 19.5. The monoisotopic (exact) mass is 509 g/mol. The first-order valence-corrected chi connectivity index (χ1v) is 13.1. The van der Waals surface area contributed by atoms with Crippen molar-refractivity contribution in [3.05, 3.63) is 58.1 Å². The van der Waals surface area contributed by atoms with E-state index in [1.807, 2.05) is 24.3 Å². The van der Waals surface area contributed by atoms with Gasteiger partial charge in [0.25, 0.3) is 0 Å². The van der Waals surface area contributed by atoms with Gasteiger partial charge in [-0.2, -0.15) is 5.26 Å². The lowest BCUT2D eigenvalue weighted by molar-refractivity contribution is -0.137. The average Bonchev–Trinajstić information content (AvgIpc) is 3.29. The molecule has 0 saturated heterocycles. The molecule has 1 aromatic carbocycles. The van der Waals surface area contributed by atoms with Crippen LogP contribution in [0.3, 0.4) is 0 Å². The van der Waals surface area contributed by atoms with Crippen LogP contribution in [0.4, 0.5) is 5.13 Å². The molecule has 0 bridgehead atoms. The molecule has 0 saturated carbocycles. The predicted octanol–water partition coefficient (Wildman–Crippen LogP) is 4.31. The summed E-state index contributed by atoms with van der Waals surface area (Å²) >= 11 is 2.47. The molecule has 2 heterocycles. The van der Waals surface area contributed by atoms with E-state index in [1.165, 1.54) is 35.8 Å². The van der Waals surface area contributed by atoms with Crippen LogP contribution in [-0.2, 0) is 20.7 Å².